The molecule has 4 rings (SSSR count). The fourth-order valence-corrected chi connectivity index (χ4v) is 5.10. The van der Waals surface area contributed by atoms with Crippen molar-refractivity contribution in [2.24, 2.45) is 0 Å². The van der Waals surface area contributed by atoms with Gasteiger partial charge < -0.3 is 24.8 Å². The molecule has 1 fully saturated rings. The molecule has 0 saturated carbocycles. The molecule has 1 saturated heterocycles. The van der Waals surface area contributed by atoms with Gasteiger partial charge in [0.2, 0.25) is 5.91 Å². The predicted molar refractivity (Wildman–Crippen MR) is 137 cm³/mol. The van der Waals surface area contributed by atoms with Gasteiger partial charge in [-0.25, -0.2) is 4.79 Å². The molecule has 194 valence electrons. The Kier molecular flexibility index (Phi) is 8.32. The first-order valence-electron chi connectivity index (χ1n) is 12.9. The third kappa shape index (κ3) is 6.86. The van der Waals surface area contributed by atoms with E-state index < -0.39 is 11.7 Å². The number of hydrogen-bond acceptors (Lipinski definition) is 5. The van der Waals surface area contributed by atoms with Crippen LogP contribution >= 0.6 is 0 Å². The molecule has 1 aliphatic heterocycles. The van der Waals surface area contributed by atoms with E-state index in [1.54, 1.807) is 4.90 Å². The summed E-state index contributed by atoms with van der Waals surface area (Å²) in [6.45, 7) is 6.40. The molecule has 0 spiro atoms. The fourth-order valence-electron chi connectivity index (χ4n) is 5.10. The first kappa shape index (κ1) is 26.2. The van der Waals surface area contributed by atoms with Crippen molar-refractivity contribution in [3.63, 3.8) is 0 Å². The Labute approximate surface area is 213 Å². The molecule has 7 heteroatoms. The number of benzene rings is 2. The molecular weight excluding hydrogens is 456 g/mol. The standard InChI is InChI=1S/C29H38N2O5/c1-29(2,3)36-28(34)31-17-24(35-19-20-8-5-4-6-9-20)15-23(31)16-27(33)30-26-11-7-10-22-14-21(18-32)12-13-25(22)26/h4-6,8-9,12-14,23-24,26,32H,7,10-11,15-19H2,1-3H3,(H,30,33). The molecular formula is C29H38N2O5. The van der Waals surface area contributed by atoms with Gasteiger partial charge in [0.1, 0.15) is 5.60 Å². The topological polar surface area (TPSA) is 88.1 Å². The monoisotopic (exact) mass is 494 g/mol. The van der Waals surface area contributed by atoms with Crippen molar-refractivity contribution in [2.45, 2.75) is 89.9 Å². The van der Waals surface area contributed by atoms with Crippen molar-refractivity contribution in [3.8, 4) is 0 Å². The van der Waals surface area contributed by atoms with E-state index in [-0.39, 0.29) is 37.1 Å². The van der Waals surface area contributed by atoms with Crippen molar-refractivity contribution in [3.05, 3.63) is 70.8 Å². The minimum atomic E-state index is -0.619. The average Bonchev–Trinajstić information content (AvgIpc) is 3.24. The lowest BCUT2D eigenvalue weighted by Gasteiger charge is -2.30. The Hall–Kier alpha value is -2.90. The number of likely N-dealkylation sites (tertiary alicyclic amines) is 1. The lowest BCUT2D eigenvalue weighted by molar-refractivity contribution is -0.122. The van der Waals surface area contributed by atoms with Gasteiger partial charge in [0.25, 0.3) is 0 Å². The number of nitrogens with one attached hydrogen (secondary N) is 1. The lowest BCUT2D eigenvalue weighted by Crippen LogP contribution is -2.42. The summed E-state index contributed by atoms with van der Waals surface area (Å²) in [5.41, 5.74) is 3.64. The number of carbonyl (C=O) groups is 2. The van der Waals surface area contributed by atoms with Gasteiger partial charge in [0.15, 0.2) is 0 Å². The lowest BCUT2D eigenvalue weighted by atomic mass is 9.86. The SMILES string of the molecule is CC(C)(C)OC(=O)N1CC(OCc2ccccc2)CC1CC(=O)NC1CCCc2cc(CO)ccc21. The Morgan fingerprint density at radius 2 is 1.89 bits per heavy atom. The van der Waals surface area contributed by atoms with Crippen LogP contribution in [0.25, 0.3) is 0 Å². The maximum atomic E-state index is 13.2. The van der Waals surface area contributed by atoms with Gasteiger partial charge in [0.05, 0.1) is 31.9 Å². The number of nitrogens with zero attached hydrogens (tertiary/aromatic N) is 1. The zero-order chi connectivity index (χ0) is 25.7. The van der Waals surface area contributed by atoms with Gasteiger partial charge in [-0.15, -0.1) is 0 Å². The summed E-state index contributed by atoms with van der Waals surface area (Å²) < 4.78 is 11.8. The van der Waals surface area contributed by atoms with Crippen molar-refractivity contribution in [1.82, 2.24) is 10.2 Å². The van der Waals surface area contributed by atoms with Gasteiger partial charge in [0, 0.05) is 12.5 Å². The fraction of sp³-hybridized carbons (Fsp3) is 0.517. The summed E-state index contributed by atoms with van der Waals surface area (Å²) in [7, 11) is 0. The number of aliphatic hydroxyl groups is 1. The Balaban J connectivity index is 1.41. The maximum absolute atomic E-state index is 13.2. The third-order valence-electron chi connectivity index (χ3n) is 6.79. The van der Waals surface area contributed by atoms with E-state index in [9.17, 15) is 14.7 Å². The van der Waals surface area contributed by atoms with E-state index in [1.807, 2.05) is 69.3 Å². The highest BCUT2D eigenvalue weighted by atomic mass is 16.6. The molecule has 36 heavy (non-hydrogen) atoms. The molecule has 0 radical (unpaired) electrons. The maximum Gasteiger partial charge on any atom is 0.410 e. The van der Waals surface area contributed by atoms with Gasteiger partial charge in [-0.2, -0.15) is 0 Å². The first-order chi connectivity index (χ1) is 17.2. The van der Waals surface area contributed by atoms with Crippen LogP contribution in [0.3, 0.4) is 0 Å². The van der Waals surface area contributed by atoms with Crippen LogP contribution in [0.15, 0.2) is 48.5 Å². The van der Waals surface area contributed by atoms with Crippen molar-refractivity contribution >= 4 is 12.0 Å². The second-order valence-corrected chi connectivity index (χ2v) is 10.8. The van der Waals surface area contributed by atoms with Crippen LogP contribution in [0.2, 0.25) is 0 Å². The quantitative estimate of drug-likeness (QED) is 0.585. The second kappa shape index (κ2) is 11.4. The molecule has 0 aromatic heterocycles. The number of fused-ring (bicyclic) bond motifs is 1. The van der Waals surface area contributed by atoms with Gasteiger partial charge >= 0.3 is 6.09 Å². The van der Waals surface area contributed by atoms with Gasteiger partial charge in [-0.05, 0) is 68.7 Å². The van der Waals surface area contributed by atoms with E-state index in [0.717, 1.165) is 36.0 Å². The van der Waals surface area contributed by atoms with E-state index >= 15 is 0 Å². The molecule has 3 unspecified atom stereocenters. The Morgan fingerprint density at radius 1 is 1.11 bits per heavy atom. The molecule has 1 aliphatic carbocycles. The van der Waals surface area contributed by atoms with Crippen LogP contribution in [-0.2, 0) is 33.9 Å². The highest BCUT2D eigenvalue weighted by Gasteiger charge is 2.39. The summed E-state index contributed by atoms with van der Waals surface area (Å²) in [6, 6.07) is 15.5. The minimum absolute atomic E-state index is 0.0139. The summed E-state index contributed by atoms with van der Waals surface area (Å²) in [4.78, 5) is 27.8. The van der Waals surface area contributed by atoms with Crippen LogP contribution in [0.4, 0.5) is 4.79 Å². The average molecular weight is 495 g/mol. The molecule has 2 aromatic rings. The molecule has 0 bridgehead atoms. The molecule has 2 aromatic carbocycles. The Bertz CT molecular complexity index is 1050. The van der Waals surface area contributed by atoms with Crippen molar-refractivity contribution in [1.29, 1.82) is 0 Å². The van der Waals surface area contributed by atoms with Gasteiger partial charge in [-0.3, -0.25) is 4.79 Å². The number of hydrogen-bond donors (Lipinski definition) is 2. The van der Waals surface area contributed by atoms with E-state index in [1.165, 1.54) is 5.56 Å². The summed E-state index contributed by atoms with van der Waals surface area (Å²) in [5, 5.41) is 12.7. The molecule has 7 nitrogen and oxygen atoms in total. The van der Waals surface area contributed by atoms with Crippen LogP contribution < -0.4 is 5.32 Å². The number of amides is 2. The zero-order valence-electron chi connectivity index (χ0n) is 21.5. The highest BCUT2D eigenvalue weighted by Crippen LogP contribution is 2.31. The number of aryl methyl sites for hydroxylation is 1. The molecule has 2 N–H and O–H groups in total. The summed E-state index contributed by atoms with van der Waals surface area (Å²) >= 11 is 0. The highest BCUT2D eigenvalue weighted by molar-refractivity contribution is 5.78. The predicted octanol–water partition coefficient (Wildman–Crippen LogP) is 4.66. The number of rotatable bonds is 7. The minimum Gasteiger partial charge on any atom is -0.444 e. The zero-order valence-corrected chi connectivity index (χ0v) is 21.5. The molecule has 2 amide bonds. The smallest absolute Gasteiger partial charge is 0.410 e. The largest absolute Gasteiger partial charge is 0.444 e. The van der Waals surface area contributed by atoms with Crippen LogP contribution in [0.5, 0.6) is 0 Å². The van der Waals surface area contributed by atoms with Crippen LogP contribution in [0, 0.1) is 0 Å². The Morgan fingerprint density at radius 3 is 2.61 bits per heavy atom. The van der Waals surface area contributed by atoms with Crippen molar-refractivity contribution < 1.29 is 24.2 Å². The normalized spacial score (nSPS) is 21.7. The molecule has 1 heterocycles. The summed E-state index contributed by atoms with van der Waals surface area (Å²) in [6.07, 6.45) is 3.01. The van der Waals surface area contributed by atoms with Crippen LogP contribution in [0.1, 0.15) is 74.8 Å². The second-order valence-electron chi connectivity index (χ2n) is 10.8. The molecule has 2 aliphatic rings. The van der Waals surface area contributed by atoms with E-state index in [0.29, 0.717) is 19.6 Å². The third-order valence-corrected chi connectivity index (χ3v) is 6.79. The van der Waals surface area contributed by atoms with Crippen LogP contribution in [-0.4, -0.2) is 46.3 Å². The summed E-state index contributed by atoms with van der Waals surface area (Å²) in [5.74, 6) is -0.0821. The van der Waals surface area contributed by atoms with E-state index in [2.05, 4.69) is 5.32 Å². The van der Waals surface area contributed by atoms with E-state index in [4.69, 9.17) is 9.47 Å². The number of aliphatic hydroxyl groups excluding tert-OH is 1. The molecule has 3 atom stereocenters. The number of carbonyl (C=O) groups excluding carboxylic acids is 2. The first-order valence-corrected chi connectivity index (χ1v) is 12.9. The number of ether oxygens (including phenoxy) is 2. The van der Waals surface area contributed by atoms with Gasteiger partial charge in [-0.1, -0.05) is 48.5 Å². The van der Waals surface area contributed by atoms with Crippen molar-refractivity contribution in [2.75, 3.05) is 6.54 Å².